The first kappa shape index (κ1) is 22.8. The number of halogens is 3. The van der Waals surface area contributed by atoms with E-state index in [1.54, 1.807) is 54.6 Å². The van der Waals surface area contributed by atoms with Gasteiger partial charge in [-0.25, -0.2) is 0 Å². The Bertz CT molecular complexity index is 1160. The molecule has 0 saturated carbocycles. The van der Waals surface area contributed by atoms with Crippen molar-refractivity contribution in [3.8, 4) is 0 Å². The second-order valence-electron chi connectivity index (χ2n) is 7.02. The standard InChI is InChI=1S/C23H19F3N2O4/c1-15-7-10-18(11-8-15)27-22(31)21(16-5-3-2-4-6-16)32-20(30)14-28-13-17(23(24,25)26)9-12-19(28)29/h2-13,21H,14H2,1H3,(H,27,31)/t21-/m1/s1. The fourth-order valence-electron chi connectivity index (χ4n) is 2.88. The van der Waals surface area contributed by atoms with Gasteiger partial charge in [0.2, 0.25) is 6.10 Å². The third kappa shape index (κ3) is 5.84. The van der Waals surface area contributed by atoms with Crippen molar-refractivity contribution in [1.29, 1.82) is 0 Å². The second-order valence-corrected chi connectivity index (χ2v) is 7.02. The molecule has 1 amide bonds. The van der Waals surface area contributed by atoms with Crippen molar-refractivity contribution in [1.82, 2.24) is 4.57 Å². The average molecular weight is 444 g/mol. The molecule has 9 heteroatoms. The summed E-state index contributed by atoms with van der Waals surface area (Å²) < 4.78 is 44.6. The molecule has 0 radical (unpaired) electrons. The van der Waals surface area contributed by atoms with Crippen LogP contribution in [0.4, 0.5) is 18.9 Å². The van der Waals surface area contributed by atoms with Gasteiger partial charge in [0, 0.05) is 23.5 Å². The van der Waals surface area contributed by atoms with Crippen LogP contribution in [0.3, 0.4) is 0 Å². The highest BCUT2D eigenvalue weighted by Gasteiger charge is 2.31. The number of nitrogens with one attached hydrogen (secondary N) is 1. The first-order valence-corrected chi connectivity index (χ1v) is 9.53. The summed E-state index contributed by atoms with van der Waals surface area (Å²) in [7, 11) is 0. The van der Waals surface area contributed by atoms with Gasteiger partial charge in [-0.2, -0.15) is 13.2 Å². The summed E-state index contributed by atoms with van der Waals surface area (Å²) in [5.41, 5.74) is -0.0639. The van der Waals surface area contributed by atoms with Crippen molar-refractivity contribution in [2.24, 2.45) is 0 Å². The highest BCUT2D eigenvalue weighted by atomic mass is 19.4. The molecule has 6 nitrogen and oxygen atoms in total. The Morgan fingerprint density at radius 2 is 1.66 bits per heavy atom. The lowest BCUT2D eigenvalue weighted by molar-refractivity contribution is -0.155. The Hall–Kier alpha value is -3.88. The third-order valence-electron chi connectivity index (χ3n) is 4.52. The number of carbonyl (C=O) groups excluding carboxylic acids is 2. The topological polar surface area (TPSA) is 77.4 Å². The van der Waals surface area contributed by atoms with Gasteiger partial charge >= 0.3 is 12.1 Å². The molecule has 0 aliphatic carbocycles. The zero-order valence-electron chi connectivity index (χ0n) is 16.9. The van der Waals surface area contributed by atoms with Crippen LogP contribution in [-0.2, 0) is 27.0 Å². The lowest BCUT2D eigenvalue weighted by Gasteiger charge is -2.19. The number of rotatable bonds is 6. The van der Waals surface area contributed by atoms with E-state index in [2.05, 4.69) is 5.32 Å². The number of hydrogen-bond acceptors (Lipinski definition) is 4. The lowest BCUT2D eigenvalue weighted by atomic mass is 10.1. The molecule has 1 N–H and O–H groups in total. The molecule has 0 unspecified atom stereocenters. The van der Waals surface area contributed by atoms with Gasteiger partial charge in [0.25, 0.3) is 11.5 Å². The van der Waals surface area contributed by atoms with Crippen LogP contribution in [0.5, 0.6) is 0 Å². The van der Waals surface area contributed by atoms with Crippen molar-refractivity contribution < 1.29 is 27.5 Å². The highest BCUT2D eigenvalue weighted by molar-refractivity contribution is 5.96. The molecular weight excluding hydrogens is 425 g/mol. The highest BCUT2D eigenvalue weighted by Crippen LogP contribution is 2.28. The number of ether oxygens (including phenoxy) is 1. The van der Waals surface area contributed by atoms with E-state index in [0.29, 0.717) is 28.1 Å². The average Bonchev–Trinajstić information content (AvgIpc) is 2.75. The monoisotopic (exact) mass is 444 g/mol. The summed E-state index contributed by atoms with van der Waals surface area (Å²) >= 11 is 0. The normalized spacial score (nSPS) is 12.1. The van der Waals surface area contributed by atoms with Crippen LogP contribution >= 0.6 is 0 Å². The minimum absolute atomic E-state index is 0.363. The zero-order valence-corrected chi connectivity index (χ0v) is 16.9. The molecule has 0 fully saturated rings. The van der Waals surface area contributed by atoms with Crippen LogP contribution in [-0.4, -0.2) is 16.4 Å². The van der Waals surface area contributed by atoms with Crippen LogP contribution in [0.1, 0.15) is 22.8 Å². The van der Waals surface area contributed by atoms with Crippen LogP contribution in [0, 0.1) is 6.92 Å². The summed E-state index contributed by atoms with van der Waals surface area (Å²) in [5, 5.41) is 2.64. The minimum Gasteiger partial charge on any atom is -0.446 e. The maximum atomic E-state index is 12.9. The Labute approximate surface area is 181 Å². The smallest absolute Gasteiger partial charge is 0.417 e. The van der Waals surface area contributed by atoms with E-state index in [4.69, 9.17) is 4.74 Å². The Balaban J connectivity index is 1.81. The molecule has 0 saturated heterocycles. The minimum atomic E-state index is -4.68. The number of carbonyl (C=O) groups is 2. The molecule has 0 spiro atoms. The summed E-state index contributed by atoms with van der Waals surface area (Å²) in [6.07, 6.45) is -5.51. The van der Waals surface area contributed by atoms with Gasteiger partial charge in [-0.15, -0.1) is 0 Å². The number of aromatic nitrogens is 1. The van der Waals surface area contributed by atoms with Crippen LogP contribution in [0.25, 0.3) is 0 Å². The second kappa shape index (κ2) is 9.51. The Kier molecular flexibility index (Phi) is 6.77. The quantitative estimate of drug-likeness (QED) is 0.581. The van der Waals surface area contributed by atoms with Gasteiger partial charge in [0.05, 0.1) is 5.56 Å². The number of anilines is 1. The first-order chi connectivity index (χ1) is 15.1. The molecule has 0 bridgehead atoms. The van der Waals surface area contributed by atoms with E-state index >= 15 is 0 Å². The molecule has 2 aromatic carbocycles. The molecule has 1 atom stereocenters. The first-order valence-electron chi connectivity index (χ1n) is 9.53. The maximum absolute atomic E-state index is 12.9. The molecule has 1 heterocycles. The molecule has 0 aliphatic heterocycles. The van der Waals surface area contributed by atoms with Gasteiger partial charge in [0.15, 0.2) is 0 Å². The van der Waals surface area contributed by atoms with Crippen molar-refractivity contribution >= 4 is 17.6 Å². The van der Waals surface area contributed by atoms with Gasteiger partial charge in [-0.3, -0.25) is 14.4 Å². The fourth-order valence-corrected chi connectivity index (χ4v) is 2.88. The van der Waals surface area contributed by atoms with Crippen molar-refractivity contribution in [3.05, 3.63) is 100.0 Å². The van der Waals surface area contributed by atoms with Crippen LogP contribution in [0.15, 0.2) is 77.7 Å². The van der Waals surface area contributed by atoms with Gasteiger partial charge in [-0.05, 0) is 25.1 Å². The molecule has 3 aromatic rings. The molecule has 32 heavy (non-hydrogen) atoms. The summed E-state index contributed by atoms with van der Waals surface area (Å²) in [4.78, 5) is 37.2. The molecule has 0 aliphatic rings. The van der Waals surface area contributed by atoms with E-state index in [0.717, 1.165) is 11.6 Å². The van der Waals surface area contributed by atoms with Crippen molar-refractivity contribution in [2.45, 2.75) is 25.7 Å². The molecule has 3 rings (SSSR count). The van der Waals surface area contributed by atoms with Crippen molar-refractivity contribution in [3.63, 3.8) is 0 Å². The van der Waals surface area contributed by atoms with Gasteiger partial charge in [-0.1, -0.05) is 48.0 Å². The van der Waals surface area contributed by atoms with E-state index < -0.39 is 41.8 Å². The SMILES string of the molecule is Cc1ccc(NC(=O)[C@H](OC(=O)Cn2cc(C(F)(F)F)ccc2=O)c2ccccc2)cc1. The van der Waals surface area contributed by atoms with E-state index in [1.165, 1.54) is 0 Å². The van der Waals surface area contributed by atoms with E-state index in [9.17, 15) is 27.6 Å². The zero-order chi connectivity index (χ0) is 23.3. The number of benzene rings is 2. The maximum Gasteiger partial charge on any atom is 0.417 e. The number of esters is 1. The Morgan fingerprint density at radius 3 is 2.28 bits per heavy atom. The van der Waals surface area contributed by atoms with Gasteiger partial charge in [0.1, 0.15) is 6.54 Å². The largest absolute Gasteiger partial charge is 0.446 e. The van der Waals surface area contributed by atoms with Crippen molar-refractivity contribution in [2.75, 3.05) is 5.32 Å². The summed E-state index contributed by atoms with van der Waals surface area (Å²) in [6.45, 7) is 1.10. The number of pyridine rings is 1. The third-order valence-corrected chi connectivity index (χ3v) is 4.52. The number of alkyl halides is 3. The summed E-state index contributed by atoms with van der Waals surface area (Å²) in [6, 6.07) is 16.4. The van der Waals surface area contributed by atoms with Gasteiger partial charge < -0.3 is 14.6 Å². The molecule has 166 valence electrons. The molecule has 1 aromatic heterocycles. The number of hydrogen-bond donors (Lipinski definition) is 1. The predicted octanol–water partition coefficient (Wildman–Crippen LogP) is 4.10. The van der Waals surface area contributed by atoms with Crippen LogP contribution < -0.4 is 10.9 Å². The number of amides is 1. The van der Waals surface area contributed by atoms with E-state index in [-0.39, 0.29) is 0 Å². The molecular formula is C23H19F3N2O4. The predicted molar refractivity (Wildman–Crippen MR) is 111 cm³/mol. The number of aryl methyl sites for hydroxylation is 1. The van der Waals surface area contributed by atoms with Crippen LogP contribution in [0.2, 0.25) is 0 Å². The number of nitrogens with zero attached hydrogens (tertiary/aromatic N) is 1. The Morgan fingerprint density at radius 1 is 1.00 bits per heavy atom. The van der Waals surface area contributed by atoms with E-state index in [1.807, 2.05) is 6.92 Å². The fraction of sp³-hybridized carbons (Fsp3) is 0.174. The lowest BCUT2D eigenvalue weighted by Crippen LogP contribution is -2.30. The summed E-state index contributed by atoms with van der Waals surface area (Å²) in [5.74, 6) is -1.69.